The molecule has 0 spiro atoms. The summed E-state index contributed by atoms with van der Waals surface area (Å²) in [4.78, 5) is 24.6. The summed E-state index contributed by atoms with van der Waals surface area (Å²) < 4.78 is 0. The van der Waals surface area contributed by atoms with Crippen molar-refractivity contribution in [2.45, 2.75) is 6.92 Å². The van der Waals surface area contributed by atoms with E-state index in [2.05, 4.69) is 10.6 Å². The van der Waals surface area contributed by atoms with E-state index in [0.29, 0.717) is 16.1 Å². The number of nitrogens with one attached hydrogen (secondary N) is 2. The van der Waals surface area contributed by atoms with E-state index < -0.39 is 5.91 Å². The molecular formula is C19H19ClN2O3. The Hall–Kier alpha value is -2.63. The number of carbonyl (C=O) groups is 2. The first-order valence-corrected chi connectivity index (χ1v) is 8.12. The molecule has 0 aliphatic rings. The molecule has 130 valence electrons. The summed E-state index contributed by atoms with van der Waals surface area (Å²) in [5.74, 6) is -0.871. The van der Waals surface area contributed by atoms with Crippen molar-refractivity contribution in [3.8, 4) is 0 Å². The van der Waals surface area contributed by atoms with E-state index in [0.717, 1.165) is 5.56 Å². The molecule has 0 heterocycles. The van der Waals surface area contributed by atoms with Crippen LogP contribution in [-0.4, -0.2) is 30.1 Å². The number of hydrogen-bond acceptors (Lipinski definition) is 3. The Morgan fingerprint density at radius 3 is 2.32 bits per heavy atom. The van der Waals surface area contributed by atoms with Gasteiger partial charge in [-0.3, -0.25) is 9.59 Å². The number of halogens is 1. The van der Waals surface area contributed by atoms with Crippen molar-refractivity contribution in [3.05, 3.63) is 75.9 Å². The fourth-order valence-corrected chi connectivity index (χ4v) is 2.17. The minimum atomic E-state index is -0.482. The van der Waals surface area contributed by atoms with Crippen LogP contribution in [0, 0.1) is 6.92 Å². The molecule has 5 nitrogen and oxygen atoms in total. The third-order valence-corrected chi connectivity index (χ3v) is 3.64. The zero-order valence-electron chi connectivity index (χ0n) is 13.8. The summed E-state index contributed by atoms with van der Waals surface area (Å²) in [7, 11) is 0. The number of aliphatic hydroxyl groups excluding tert-OH is 1. The lowest BCUT2D eigenvalue weighted by atomic mass is 10.1. The van der Waals surface area contributed by atoms with E-state index in [1.54, 1.807) is 42.5 Å². The SMILES string of the molecule is Cc1ccc(C(=O)N/C(=C/c2ccc(Cl)cc2)C(=O)NCCO)cc1. The van der Waals surface area contributed by atoms with E-state index in [1.807, 2.05) is 19.1 Å². The first-order chi connectivity index (χ1) is 12.0. The average Bonchev–Trinajstić information content (AvgIpc) is 2.61. The van der Waals surface area contributed by atoms with Crippen LogP contribution in [0.3, 0.4) is 0 Å². The molecular weight excluding hydrogens is 340 g/mol. The molecule has 0 saturated heterocycles. The van der Waals surface area contributed by atoms with Crippen LogP contribution in [-0.2, 0) is 4.79 Å². The van der Waals surface area contributed by atoms with E-state index in [4.69, 9.17) is 16.7 Å². The third kappa shape index (κ3) is 5.74. The molecule has 2 aromatic carbocycles. The highest BCUT2D eigenvalue weighted by Crippen LogP contribution is 2.12. The standard InChI is InChI=1S/C19H19ClN2O3/c1-13-2-6-15(7-3-13)18(24)22-17(19(25)21-10-11-23)12-14-4-8-16(20)9-5-14/h2-9,12,23H,10-11H2,1H3,(H,21,25)(H,22,24)/b17-12+. The molecule has 2 amide bonds. The molecule has 0 aromatic heterocycles. The Morgan fingerprint density at radius 1 is 1.08 bits per heavy atom. The maximum Gasteiger partial charge on any atom is 0.267 e. The van der Waals surface area contributed by atoms with Crippen LogP contribution in [0.4, 0.5) is 0 Å². The number of carbonyl (C=O) groups excluding carboxylic acids is 2. The normalized spacial score (nSPS) is 11.1. The van der Waals surface area contributed by atoms with Crippen LogP contribution < -0.4 is 10.6 Å². The van der Waals surface area contributed by atoms with Crippen molar-refractivity contribution < 1.29 is 14.7 Å². The second-order valence-corrected chi connectivity index (χ2v) is 5.85. The van der Waals surface area contributed by atoms with Crippen molar-refractivity contribution in [1.82, 2.24) is 10.6 Å². The first-order valence-electron chi connectivity index (χ1n) is 7.74. The van der Waals surface area contributed by atoms with Gasteiger partial charge in [0.2, 0.25) is 0 Å². The fraction of sp³-hybridized carbons (Fsp3) is 0.158. The zero-order valence-corrected chi connectivity index (χ0v) is 14.5. The van der Waals surface area contributed by atoms with E-state index in [1.165, 1.54) is 0 Å². The van der Waals surface area contributed by atoms with Gasteiger partial charge < -0.3 is 15.7 Å². The van der Waals surface area contributed by atoms with Gasteiger partial charge in [-0.25, -0.2) is 0 Å². The Bertz CT molecular complexity index is 768. The molecule has 2 rings (SSSR count). The first kappa shape index (κ1) is 18.7. The molecule has 0 fully saturated rings. The maximum atomic E-state index is 12.4. The van der Waals surface area contributed by atoms with Crippen LogP contribution in [0.15, 0.2) is 54.2 Å². The van der Waals surface area contributed by atoms with Crippen LogP contribution in [0.5, 0.6) is 0 Å². The van der Waals surface area contributed by atoms with E-state index >= 15 is 0 Å². The van der Waals surface area contributed by atoms with Crippen molar-refractivity contribution in [1.29, 1.82) is 0 Å². The van der Waals surface area contributed by atoms with Crippen LogP contribution >= 0.6 is 11.6 Å². The number of hydrogen-bond donors (Lipinski definition) is 3. The highest BCUT2D eigenvalue weighted by Gasteiger charge is 2.14. The Morgan fingerprint density at radius 2 is 1.72 bits per heavy atom. The summed E-state index contributed by atoms with van der Waals surface area (Å²) in [5, 5.41) is 14.6. The van der Waals surface area contributed by atoms with Gasteiger partial charge in [-0.1, -0.05) is 41.4 Å². The topological polar surface area (TPSA) is 78.4 Å². The van der Waals surface area contributed by atoms with E-state index in [-0.39, 0.29) is 24.8 Å². The lowest BCUT2D eigenvalue weighted by molar-refractivity contribution is -0.117. The molecule has 2 aromatic rings. The maximum absolute atomic E-state index is 12.4. The van der Waals surface area contributed by atoms with Gasteiger partial charge in [0.25, 0.3) is 11.8 Å². The van der Waals surface area contributed by atoms with E-state index in [9.17, 15) is 9.59 Å². The monoisotopic (exact) mass is 358 g/mol. The molecule has 0 aliphatic heterocycles. The second-order valence-electron chi connectivity index (χ2n) is 5.41. The number of rotatable bonds is 6. The molecule has 0 unspecified atom stereocenters. The van der Waals surface area contributed by atoms with Gasteiger partial charge in [-0.05, 0) is 42.8 Å². The molecule has 0 aliphatic carbocycles. The number of aliphatic hydroxyl groups is 1. The summed E-state index contributed by atoms with van der Waals surface area (Å²) >= 11 is 5.86. The Labute approximate surface area is 151 Å². The number of amides is 2. The van der Waals surface area contributed by atoms with Crippen LogP contribution in [0.1, 0.15) is 21.5 Å². The molecule has 0 atom stereocenters. The summed E-state index contributed by atoms with van der Waals surface area (Å²) in [6.07, 6.45) is 1.55. The fourth-order valence-electron chi connectivity index (χ4n) is 2.05. The van der Waals surface area contributed by atoms with Gasteiger partial charge in [-0.15, -0.1) is 0 Å². The highest BCUT2D eigenvalue weighted by atomic mass is 35.5. The van der Waals surface area contributed by atoms with Gasteiger partial charge in [0.1, 0.15) is 5.70 Å². The molecule has 0 radical (unpaired) electrons. The van der Waals surface area contributed by atoms with Crippen molar-refractivity contribution in [3.63, 3.8) is 0 Å². The van der Waals surface area contributed by atoms with Crippen molar-refractivity contribution in [2.24, 2.45) is 0 Å². The van der Waals surface area contributed by atoms with Gasteiger partial charge in [0.05, 0.1) is 6.61 Å². The third-order valence-electron chi connectivity index (χ3n) is 3.38. The summed E-state index contributed by atoms with van der Waals surface area (Å²) in [6, 6.07) is 13.9. The Balaban J connectivity index is 2.24. The minimum absolute atomic E-state index is 0.0846. The average molecular weight is 359 g/mol. The van der Waals surface area contributed by atoms with Gasteiger partial charge in [0, 0.05) is 17.1 Å². The van der Waals surface area contributed by atoms with Gasteiger partial charge >= 0.3 is 0 Å². The molecule has 0 bridgehead atoms. The smallest absolute Gasteiger partial charge is 0.267 e. The minimum Gasteiger partial charge on any atom is -0.395 e. The summed E-state index contributed by atoms with van der Waals surface area (Å²) in [5.41, 5.74) is 2.28. The molecule has 25 heavy (non-hydrogen) atoms. The summed E-state index contributed by atoms with van der Waals surface area (Å²) in [6.45, 7) is 1.83. The predicted molar refractivity (Wildman–Crippen MR) is 98.2 cm³/mol. The van der Waals surface area contributed by atoms with Gasteiger partial charge in [0.15, 0.2) is 0 Å². The predicted octanol–water partition coefficient (Wildman–Crippen LogP) is 2.53. The number of benzene rings is 2. The highest BCUT2D eigenvalue weighted by molar-refractivity contribution is 6.30. The Kier molecular flexibility index (Phi) is 6.74. The number of aryl methyl sites for hydroxylation is 1. The molecule has 3 N–H and O–H groups in total. The second kappa shape index (κ2) is 9.01. The molecule has 0 saturated carbocycles. The lowest BCUT2D eigenvalue weighted by Gasteiger charge is -2.11. The van der Waals surface area contributed by atoms with Crippen LogP contribution in [0.25, 0.3) is 6.08 Å². The quantitative estimate of drug-likeness (QED) is 0.694. The van der Waals surface area contributed by atoms with Crippen molar-refractivity contribution >= 4 is 29.5 Å². The largest absolute Gasteiger partial charge is 0.395 e. The van der Waals surface area contributed by atoms with Crippen molar-refractivity contribution in [2.75, 3.05) is 13.2 Å². The zero-order chi connectivity index (χ0) is 18.2. The van der Waals surface area contributed by atoms with Crippen LogP contribution in [0.2, 0.25) is 5.02 Å². The molecule has 6 heteroatoms. The lowest BCUT2D eigenvalue weighted by Crippen LogP contribution is -2.36. The van der Waals surface area contributed by atoms with Gasteiger partial charge in [-0.2, -0.15) is 0 Å².